The van der Waals surface area contributed by atoms with E-state index < -0.39 is 29.7 Å². The molecule has 2 heterocycles. The topological polar surface area (TPSA) is 144 Å². The summed E-state index contributed by atoms with van der Waals surface area (Å²) in [6.45, 7) is 1.58. The van der Waals surface area contributed by atoms with Gasteiger partial charge in [-0.25, -0.2) is 0 Å². The van der Waals surface area contributed by atoms with Gasteiger partial charge in [-0.1, -0.05) is 25.8 Å². The van der Waals surface area contributed by atoms with E-state index in [-0.39, 0.29) is 52.7 Å². The normalized spacial score (nSPS) is 20.7. The van der Waals surface area contributed by atoms with Gasteiger partial charge in [0.05, 0.1) is 5.91 Å². The summed E-state index contributed by atoms with van der Waals surface area (Å²) < 4.78 is 0. The molecular weight excluding hydrogens is 428 g/mol. The summed E-state index contributed by atoms with van der Waals surface area (Å²) >= 11 is 0. The van der Waals surface area contributed by atoms with Crippen molar-refractivity contribution in [2.45, 2.75) is 51.0 Å². The van der Waals surface area contributed by atoms with Crippen LogP contribution in [0.1, 0.15) is 75.7 Å². The van der Waals surface area contributed by atoms with Crippen LogP contribution in [0.2, 0.25) is 0 Å². The molecule has 0 radical (unpaired) electrons. The molecule has 2 atom stereocenters. The minimum Gasteiger partial charge on any atom is -0.851 e. The van der Waals surface area contributed by atoms with Crippen LogP contribution in [0, 0.1) is 0 Å². The number of carbonyl (C=O) groups is 3. The standard InChI is InChI=1S/C24H26N2O7/c1-2-6-14(28)13-25-21(29)15-7-8-17-20-18(10-9-16(19(15)20)22(25)30)24(32,33)26(23(17)31)11-4-3-5-12-27/h7-10,14,27,32H,2-6,11-13H2,1H3/q-2. The van der Waals surface area contributed by atoms with E-state index in [4.69, 9.17) is 5.11 Å². The first-order chi connectivity index (χ1) is 15.7. The highest BCUT2D eigenvalue weighted by Crippen LogP contribution is 2.41. The summed E-state index contributed by atoms with van der Waals surface area (Å²) in [4.78, 5) is 41.1. The van der Waals surface area contributed by atoms with E-state index in [2.05, 4.69) is 0 Å². The van der Waals surface area contributed by atoms with Gasteiger partial charge in [-0.15, -0.1) is 6.10 Å². The third-order valence-electron chi connectivity index (χ3n) is 6.34. The van der Waals surface area contributed by atoms with Crippen LogP contribution in [0.25, 0.3) is 10.8 Å². The second kappa shape index (κ2) is 8.83. The molecule has 0 aromatic heterocycles. The Kier molecular flexibility index (Phi) is 6.24. The predicted octanol–water partition coefficient (Wildman–Crippen LogP) is 0.0461. The van der Waals surface area contributed by atoms with E-state index in [1.54, 1.807) is 0 Å². The van der Waals surface area contributed by atoms with Crippen molar-refractivity contribution >= 4 is 28.5 Å². The molecule has 0 aliphatic carbocycles. The highest BCUT2D eigenvalue weighted by molar-refractivity contribution is 6.28. The molecule has 0 saturated carbocycles. The van der Waals surface area contributed by atoms with Crippen LogP contribution >= 0.6 is 0 Å². The van der Waals surface area contributed by atoms with Gasteiger partial charge in [0.25, 0.3) is 17.7 Å². The van der Waals surface area contributed by atoms with E-state index >= 15 is 0 Å². The number of aliphatic hydroxyl groups excluding tert-OH is 1. The first kappa shape index (κ1) is 23.3. The number of hydrogen-bond donors (Lipinski definition) is 2. The lowest BCUT2D eigenvalue weighted by Gasteiger charge is -2.49. The van der Waals surface area contributed by atoms with E-state index in [9.17, 15) is 29.7 Å². The summed E-state index contributed by atoms with van der Waals surface area (Å²) in [6.07, 6.45) is 1.36. The quantitative estimate of drug-likeness (QED) is 0.309. The van der Waals surface area contributed by atoms with Gasteiger partial charge in [-0.05, 0) is 43.0 Å². The summed E-state index contributed by atoms with van der Waals surface area (Å²) in [5, 5.41) is 45.6. The van der Waals surface area contributed by atoms with Crippen LogP contribution in [-0.2, 0) is 5.91 Å². The van der Waals surface area contributed by atoms with Gasteiger partial charge in [0.1, 0.15) is 0 Å². The summed E-state index contributed by atoms with van der Waals surface area (Å²) in [5.41, 5.74) is 0.277. The maximum Gasteiger partial charge on any atom is 0.261 e. The number of benzene rings is 2. The third kappa shape index (κ3) is 3.71. The molecule has 2 aromatic rings. The van der Waals surface area contributed by atoms with Crippen molar-refractivity contribution in [2.24, 2.45) is 0 Å². The van der Waals surface area contributed by atoms with Crippen LogP contribution < -0.4 is 10.2 Å². The van der Waals surface area contributed by atoms with Crippen molar-refractivity contribution in [3.05, 3.63) is 46.5 Å². The predicted molar refractivity (Wildman–Crippen MR) is 114 cm³/mol. The van der Waals surface area contributed by atoms with Gasteiger partial charge in [-0.2, -0.15) is 0 Å². The number of nitrogens with zero attached hydrogens (tertiary/aromatic N) is 2. The molecule has 2 aliphatic rings. The zero-order chi connectivity index (χ0) is 23.9. The first-order valence-corrected chi connectivity index (χ1v) is 11.2. The number of rotatable bonds is 9. The lowest BCUT2D eigenvalue weighted by Crippen LogP contribution is -2.60. The Labute approximate surface area is 190 Å². The van der Waals surface area contributed by atoms with Gasteiger partial charge < -0.3 is 25.3 Å². The van der Waals surface area contributed by atoms with Crippen molar-refractivity contribution in [3.8, 4) is 0 Å². The number of aliphatic hydroxyl groups is 2. The van der Waals surface area contributed by atoms with Crippen LogP contribution in [0.4, 0.5) is 0 Å². The molecule has 4 rings (SSSR count). The number of hydrogen-bond acceptors (Lipinski definition) is 7. The maximum atomic E-state index is 13.3. The Hall–Kier alpha value is -2.85. The fourth-order valence-corrected chi connectivity index (χ4v) is 4.71. The second-order valence-electron chi connectivity index (χ2n) is 8.55. The molecule has 2 aliphatic heterocycles. The van der Waals surface area contributed by atoms with Gasteiger partial charge in [0, 0.05) is 47.2 Å². The Bertz CT molecular complexity index is 1110. The molecule has 176 valence electrons. The summed E-state index contributed by atoms with van der Waals surface area (Å²) in [6, 6.07) is 5.55. The van der Waals surface area contributed by atoms with Gasteiger partial charge >= 0.3 is 0 Å². The Morgan fingerprint density at radius 2 is 1.55 bits per heavy atom. The van der Waals surface area contributed by atoms with Crippen LogP contribution in [0.3, 0.4) is 0 Å². The molecule has 0 bridgehead atoms. The lowest BCUT2D eigenvalue weighted by atomic mass is 9.84. The highest BCUT2D eigenvalue weighted by Gasteiger charge is 2.41. The van der Waals surface area contributed by atoms with Crippen molar-refractivity contribution in [1.29, 1.82) is 0 Å². The van der Waals surface area contributed by atoms with E-state index in [1.165, 1.54) is 24.3 Å². The number of imide groups is 1. The monoisotopic (exact) mass is 454 g/mol. The Balaban J connectivity index is 1.79. The minimum atomic E-state index is -2.87. The fourth-order valence-electron chi connectivity index (χ4n) is 4.71. The number of amides is 3. The third-order valence-corrected chi connectivity index (χ3v) is 6.34. The highest BCUT2D eigenvalue weighted by atomic mass is 16.5. The molecular formula is C24H26N2O7-2. The summed E-state index contributed by atoms with van der Waals surface area (Å²) in [5.74, 6) is -4.86. The SMILES string of the molecule is CCCC([O-])CN1C(=O)c2ccc3c4c(ccc(c24)C1=O)C([O-])(O)N(CCCCCO)C3=O. The summed E-state index contributed by atoms with van der Waals surface area (Å²) in [7, 11) is 0. The van der Waals surface area contributed by atoms with Crippen LogP contribution in [0.5, 0.6) is 0 Å². The second-order valence-corrected chi connectivity index (χ2v) is 8.55. The molecule has 9 nitrogen and oxygen atoms in total. The molecule has 33 heavy (non-hydrogen) atoms. The average Bonchev–Trinajstić information content (AvgIpc) is 2.78. The zero-order valence-electron chi connectivity index (χ0n) is 18.4. The van der Waals surface area contributed by atoms with Crippen molar-refractivity contribution in [1.82, 2.24) is 9.80 Å². The molecule has 0 saturated heterocycles. The molecule has 2 unspecified atom stereocenters. The molecule has 0 spiro atoms. The van der Waals surface area contributed by atoms with Crippen molar-refractivity contribution in [2.75, 3.05) is 19.7 Å². The van der Waals surface area contributed by atoms with E-state index in [0.717, 1.165) is 9.80 Å². The largest absolute Gasteiger partial charge is 0.851 e. The molecule has 9 heteroatoms. The number of unbranched alkanes of at least 4 members (excludes halogenated alkanes) is 2. The molecule has 0 fully saturated rings. The Morgan fingerprint density at radius 3 is 2.15 bits per heavy atom. The lowest BCUT2D eigenvalue weighted by molar-refractivity contribution is -0.596. The van der Waals surface area contributed by atoms with Crippen molar-refractivity contribution < 1.29 is 34.8 Å². The zero-order valence-corrected chi connectivity index (χ0v) is 18.4. The average molecular weight is 454 g/mol. The van der Waals surface area contributed by atoms with Gasteiger partial charge in [-0.3, -0.25) is 19.3 Å². The maximum absolute atomic E-state index is 13.3. The smallest absolute Gasteiger partial charge is 0.261 e. The molecule has 3 amide bonds. The van der Waals surface area contributed by atoms with Gasteiger partial charge in [0.15, 0.2) is 0 Å². The number of carbonyl (C=O) groups excluding carboxylic acids is 3. The van der Waals surface area contributed by atoms with E-state index in [0.29, 0.717) is 32.1 Å². The first-order valence-electron chi connectivity index (χ1n) is 11.2. The minimum absolute atomic E-state index is 0.00275. The van der Waals surface area contributed by atoms with Crippen LogP contribution in [-0.4, -0.2) is 63.5 Å². The molecule has 2 N–H and O–H groups in total. The van der Waals surface area contributed by atoms with Crippen molar-refractivity contribution in [3.63, 3.8) is 0 Å². The van der Waals surface area contributed by atoms with E-state index in [1.807, 2.05) is 6.92 Å². The van der Waals surface area contributed by atoms with Gasteiger partial charge in [0.2, 0.25) is 0 Å². The fraction of sp³-hybridized carbons (Fsp3) is 0.458. The molecule has 2 aromatic carbocycles. The Morgan fingerprint density at radius 1 is 0.939 bits per heavy atom. The van der Waals surface area contributed by atoms with Crippen LogP contribution in [0.15, 0.2) is 24.3 Å².